The van der Waals surface area contributed by atoms with Gasteiger partial charge in [0.25, 0.3) is 0 Å². The molecule has 44 heavy (non-hydrogen) atoms. The average Bonchev–Trinajstić information content (AvgIpc) is 2.69. The number of ketones is 3. The Morgan fingerprint density at radius 3 is 0.591 bits per heavy atom. The van der Waals surface area contributed by atoms with Crippen LogP contribution in [0.5, 0.6) is 0 Å². The first kappa shape index (κ1) is 52.6. The largest absolute Gasteiger partial charge is 0.512 e. The van der Waals surface area contributed by atoms with E-state index in [1.807, 2.05) is 125 Å². The maximum atomic E-state index is 11.5. The van der Waals surface area contributed by atoms with Gasteiger partial charge in [-0.3, -0.25) is 18.6 Å². The van der Waals surface area contributed by atoms with Gasteiger partial charge >= 0.3 is 0 Å². The van der Waals surface area contributed by atoms with Gasteiger partial charge in [0.05, 0.1) is 0 Å². The number of carbonyl (C=O) groups excluding carboxylic acids is 3. The average molecular weight is 790 g/mol. The maximum absolute atomic E-state index is 11.5. The molecule has 7 nitrogen and oxygen atoms in total. The summed E-state index contributed by atoms with van der Waals surface area (Å²) < 4.78 is 9.56. The normalized spacial score (nSPS) is 13.6. The van der Waals surface area contributed by atoms with Crippen LogP contribution >= 0.6 is 0 Å². The Bertz CT molecular complexity index is 896. The van der Waals surface area contributed by atoms with Crippen molar-refractivity contribution in [3.63, 3.8) is 0 Å². The number of hydrogen-bond donors (Lipinski definition) is 3. The summed E-state index contributed by atoms with van der Waals surface area (Å²) in [4.78, 5) is 34.5. The van der Waals surface area contributed by atoms with Crippen LogP contribution in [0.4, 0.5) is 0 Å². The maximum Gasteiger partial charge on any atom is 0.164 e. The number of carbonyl (C=O) groups is 3. The molecule has 0 amide bonds. The molecule has 0 saturated heterocycles. The van der Waals surface area contributed by atoms with Gasteiger partial charge in [0.2, 0.25) is 0 Å². The number of aliphatic hydroxyl groups is 3. The molecule has 0 heterocycles. The number of rotatable bonds is 3. The second kappa shape index (κ2) is 20.3. The second-order valence-electron chi connectivity index (χ2n) is 16.9. The van der Waals surface area contributed by atoms with Crippen molar-refractivity contribution in [2.75, 3.05) is 12.5 Å². The summed E-state index contributed by atoms with van der Waals surface area (Å²) in [5, 5.41) is 28.7. The van der Waals surface area contributed by atoms with E-state index in [0.29, 0.717) is 0 Å². The molecule has 1 radical (unpaired) electrons. The summed E-state index contributed by atoms with van der Waals surface area (Å²) in [5.74, 6) is 0.312. The zero-order valence-corrected chi connectivity index (χ0v) is 34.4. The monoisotopic (exact) mass is 789 g/mol. The predicted molar refractivity (Wildman–Crippen MR) is 184 cm³/mol. The summed E-state index contributed by atoms with van der Waals surface area (Å²) in [6.45, 7) is 33.3. The molecule has 0 aliphatic heterocycles. The van der Waals surface area contributed by atoms with E-state index in [-0.39, 0.29) is 89.5 Å². The molecule has 0 saturated carbocycles. The van der Waals surface area contributed by atoms with Crippen molar-refractivity contribution in [2.45, 2.75) is 125 Å². The Balaban J connectivity index is -0.000000161. The third-order valence-electron chi connectivity index (χ3n) is 5.33. The fourth-order valence-corrected chi connectivity index (χ4v) is 1.67. The Labute approximate surface area is 303 Å². The van der Waals surface area contributed by atoms with Gasteiger partial charge in [-0.1, -0.05) is 125 Å². The van der Waals surface area contributed by atoms with Crippen molar-refractivity contribution >= 4 is 28.1 Å². The summed E-state index contributed by atoms with van der Waals surface area (Å²) >= 11 is 0. The quantitative estimate of drug-likeness (QED) is 0.192. The topological polar surface area (TPSA) is 129 Å². The van der Waals surface area contributed by atoms with Crippen LogP contribution < -0.4 is 0 Å². The van der Waals surface area contributed by atoms with Crippen molar-refractivity contribution < 1.29 is 72.5 Å². The summed E-state index contributed by atoms with van der Waals surface area (Å²) in [5.41, 5.74) is -2.29. The number of hydrogen-bond acceptors (Lipinski definition) is 7. The zero-order valence-electron chi connectivity index (χ0n) is 31.4. The molecule has 0 fully saturated rings. The Morgan fingerprint density at radius 2 is 0.523 bits per heavy atom. The fraction of sp³-hybridized carbons (Fsp3) is 0.743. The molecule has 263 valence electrons. The SMILES string of the molecule is CC(C)(C)C(=O)/C=C(\O)C(C)(C)C.CC(C)(C)C(=O)/C=C(\O)C(C)(C)C.CC(C)(C)C(=O)/C=C(\O)C(C)(C)C.CS(C)=O.[Tb]. The third-order valence-corrected chi connectivity index (χ3v) is 5.33. The molecule has 0 rings (SSSR count). The first-order chi connectivity index (χ1) is 18.4. The van der Waals surface area contributed by atoms with Crippen LogP contribution in [-0.2, 0) is 25.2 Å². The van der Waals surface area contributed by atoms with Crippen LogP contribution in [0.1, 0.15) is 125 Å². The minimum absolute atomic E-state index is 0. The van der Waals surface area contributed by atoms with E-state index in [1.54, 1.807) is 12.5 Å². The van der Waals surface area contributed by atoms with Crippen LogP contribution in [0.15, 0.2) is 35.5 Å². The molecule has 0 aliphatic carbocycles. The van der Waals surface area contributed by atoms with Gasteiger partial charge in [0.15, 0.2) is 17.3 Å². The Kier molecular flexibility index (Phi) is 24.3. The summed E-state index contributed by atoms with van der Waals surface area (Å²) in [6, 6.07) is 0. The van der Waals surface area contributed by atoms with E-state index in [0.717, 1.165) is 0 Å². The van der Waals surface area contributed by atoms with E-state index in [1.165, 1.54) is 18.2 Å². The first-order valence-electron chi connectivity index (χ1n) is 14.5. The Hall–Kier alpha value is -0.934. The van der Waals surface area contributed by atoms with E-state index in [4.69, 9.17) is 0 Å². The molecule has 0 bridgehead atoms. The molecule has 0 atom stereocenters. The van der Waals surface area contributed by atoms with Gasteiger partial charge < -0.3 is 15.3 Å². The van der Waals surface area contributed by atoms with Crippen LogP contribution in [0, 0.1) is 71.1 Å². The molecule has 0 aromatic heterocycles. The molecule has 0 aromatic carbocycles. The van der Waals surface area contributed by atoms with Gasteiger partial charge in [-0.05, 0) is 0 Å². The Morgan fingerprint density at radius 1 is 0.409 bits per heavy atom. The van der Waals surface area contributed by atoms with Gasteiger partial charge in [-0.2, -0.15) is 0 Å². The molecule has 0 unspecified atom stereocenters. The van der Waals surface area contributed by atoms with E-state index >= 15 is 0 Å². The molecule has 9 heteroatoms. The standard InChI is InChI=1S/3C11H20O2.C2H6OS.Tb/c3*1-10(2,3)8(12)7-9(13)11(4,5)6;1-4(2)3;/h3*7,12H,1-6H3;1-2H3;/b3*8-7-;;. The minimum Gasteiger partial charge on any atom is -0.512 e. The molecule has 0 spiro atoms. The molecular weight excluding hydrogens is 723 g/mol. The van der Waals surface area contributed by atoms with Crippen molar-refractivity contribution in [1.82, 2.24) is 0 Å². The van der Waals surface area contributed by atoms with Crippen molar-refractivity contribution in [2.24, 2.45) is 32.5 Å². The molecular formula is C35H66O7STb. The molecule has 0 aliphatic rings. The van der Waals surface area contributed by atoms with Crippen molar-refractivity contribution in [3.05, 3.63) is 35.5 Å². The van der Waals surface area contributed by atoms with Crippen LogP contribution in [0.25, 0.3) is 0 Å². The molecule has 0 aromatic rings. The van der Waals surface area contributed by atoms with E-state index in [9.17, 15) is 33.9 Å². The van der Waals surface area contributed by atoms with Crippen molar-refractivity contribution in [1.29, 1.82) is 0 Å². The van der Waals surface area contributed by atoms with Crippen LogP contribution in [0.3, 0.4) is 0 Å². The van der Waals surface area contributed by atoms with Gasteiger partial charge in [0, 0.05) is 113 Å². The smallest absolute Gasteiger partial charge is 0.164 e. The molecule has 3 N–H and O–H groups in total. The fourth-order valence-electron chi connectivity index (χ4n) is 1.67. The van der Waals surface area contributed by atoms with E-state index in [2.05, 4.69) is 0 Å². The van der Waals surface area contributed by atoms with Gasteiger partial charge in [0.1, 0.15) is 17.3 Å². The van der Waals surface area contributed by atoms with Crippen molar-refractivity contribution in [3.8, 4) is 0 Å². The zero-order chi connectivity index (χ0) is 36.2. The van der Waals surface area contributed by atoms with Crippen LogP contribution in [0.2, 0.25) is 0 Å². The predicted octanol–water partition coefficient (Wildman–Crippen LogP) is 9.26. The second-order valence-corrected chi connectivity index (χ2v) is 18.4. The van der Waals surface area contributed by atoms with Crippen LogP contribution in [-0.4, -0.2) is 49.4 Å². The summed E-state index contributed by atoms with van der Waals surface area (Å²) in [6.07, 6.45) is 7.28. The van der Waals surface area contributed by atoms with E-state index < -0.39 is 27.0 Å². The van der Waals surface area contributed by atoms with Gasteiger partial charge in [-0.25, -0.2) is 0 Å². The summed E-state index contributed by atoms with van der Waals surface area (Å²) in [7, 11) is -0.611. The third kappa shape index (κ3) is 29.8. The number of aliphatic hydroxyl groups excluding tert-OH is 3. The van der Waals surface area contributed by atoms with Gasteiger partial charge in [-0.15, -0.1) is 0 Å². The first-order valence-corrected chi connectivity index (χ1v) is 16.5. The number of allylic oxidation sites excluding steroid dienone is 6. The minimum atomic E-state index is -0.611.